The van der Waals surface area contributed by atoms with Crippen molar-refractivity contribution >= 4 is 18.3 Å². The van der Waals surface area contributed by atoms with Crippen LogP contribution < -0.4 is 5.32 Å². The van der Waals surface area contributed by atoms with E-state index in [1.165, 1.54) is 12.1 Å². The van der Waals surface area contributed by atoms with Crippen LogP contribution in [-0.4, -0.2) is 43.2 Å². The highest BCUT2D eigenvalue weighted by Crippen LogP contribution is 2.38. The van der Waals surface area contributed by atoms with Crippen LogP contribution in [0.2, 0.25) is 0 Å². The van der Waals surface area contributed by atoms with E-state index in [0.29, 0.717) is 13.1 Å². The van der Waals surface area contributed by atoms with E-state index in [1.54, 1.807) is 30.1 Å². The number of carbonyl (C=O) groups is 1. The summed E-state index contributed by atoms with van der Waals surface area (Å²) in [6.45, 7) is 1.16. The van der Waals surface area contributed by atoms with Crippen molar-refractivity contribution in [1.82, 2.24) is 10.2 Å². The summed E-state index contributed by atoms with van der Waals surface area (Å²) in [5.41, 5.74) is 0.146. The summed E-state index contributed by atoms with van der Waals surface area (Å²) in [6.07, 6.45) is -3.25. The van der Waals surface area contributed by atoms with Crippen LogP contribution in [0, 0.1) is 0 Å². The molecule has 1 aliphatic heterocycles. The van der Waals surface area contributed by atoms with Gasteiger partial charge in [-0.15, -0.1) is 12.4 Å². The maximum absolute atomic E-state index is 13.3. The first kappa shape index (κ1) is 19.8. The van der Waals surface area contributed by atoms with Gasteiger partial charge in [0, 0.05) is 25.6 Å². The lowest BCUT2D eigenvalue weighted by molar-refractivity contribution is -0.161. The van der Waals surface area contributed by atoms with Crippen molar-refractivity contribution in [1.29, 1.82) is 0 Å². The molecule has 130 valence electrons. The molecule has 0 spiro atoms. The first-order chi connectivity index (χ1) is 10.4. The van der Waals surface area contributed by atoms with Crippen molar-refractivity contribution in [2.45, 2.75) is 37.4 Å². The highest BCUT2D eigenvalue weighted by molar-refractivity contribution is 5.85. The van der Waals surface area contributed by atoms with Crippen molar-refractivity contribution < 1.29 is 18.0 Å². The first-order valence-corrected chi connectivity index (χ1v) is 7.49. The molecular formula is C16H22ClF3N2O. The summed E-state index contributed by atoms with van der Waals surface area (Å²) < 4.78 is 39.9. The Morgan fingerprint density at radius 1 is 1.35 bits per heavy atom. The summed E-state index contributed by atoms with van der Waals surface area (Å²) in [4.78, 5) is 14.0. The molecule has 2 rings (SSSR count). The topological polar surface area (TPSA) is 32.3 Å². The van der Waals surface area contributed by atoms with Gasteiger partial charge in [0.2, 0.25) is 5.91 Å². The second-order valence-electron chi connectivity index (χ2n) is 5.65. The van der Waals surface area contributed by atoms with Crippen LogP contribution in [0.3, 0.4) is 0 Å². The third-order valence-corrected chi connectivity index (χ3v) is 4.11. The quantitative estimate of drug-likeness (QED) is 0.883. The van der Waals surface area contributed by atoms with Crippen molar-refractivity contribution in [2.24, 2.45) is 0 Å². The largest absolute Gasteiger partial charge is 0.396 e. The number of hydrogen-bond donors (Lipinski definition) is 1. The SMILES string of the molecule is CNCC1CCCN1C(=O)CC(c1ccccc1)C(F)(F)F.Cl. The molecule has 1 saturated heterocycles. The van der Waals surface area contributed by atoms with E-state index in [1.807, 2.05) is 0 Å². The van der Waals surface area contributed by atoms with Gasteiger partial charge >= 0.3 is 6.18 Å². The van der Waals surface area contributed by atoms with Gasteiger partial charge in [-0.05, 0) is 25.5 Å². The second-order valence-corrected chi connectivity index (χ2v) is 5.65. The molecule has 0 aliphatic carbocycles. The number of halogens is 4. The van der Waals surface area contributed by atoms with E-state index in [4.69, 9.17) is 0 Å². The van der Waals surface area contributed by atoms with Gasteiger partial charge in [0.25, 0.3) is 0 Å². The maximum Gasteiger partial charge on any atom is 0.396 e. The molecule has 2 atom stereocenters. The standard InChI is InChI=1S/C16H21F3N2O.ClH/c1-20-11-13-8-5-9-21(13)15(22)10-14(16(17,18)19)12-6-3-2-4-7-12;/h2-4,6-7,13-14,20H,5,8-11H2,1H3;1H. The molecule has 1 fully saturated rings. The Labute approximate surface area is 140 Å². The Balaban J connectivity index is 0.00000264. The zero-order valence-electron chi connectivity index (χ0n) is 13.0. The number of rotatable bonds is 5. The molecule has 3 nitrogen and oxygen atoms in total. The van der Waals surface area contributed by atoms with Gasteiger partial charge in [0.15, 0.2) is 0 Å². The monoisotopic (exact) mass is 350 g/mol. The normalized spacial score (nSPS) is 19.3. The van der Waals surface area contributed by atoms with E-state index in [9.17, 15) is 18.0 Å². The summed E-state index contributed by atoms with van der Waals surface area (Å²) in [5, 5.41) is 2.99. The van der Waals surface area contributed by atoms with Gasteiger partial charge in [0.1, 0.15) is 0 Å². The zero-order valence-corrected chi connectivity index (χ0v) is 13.8. The molecule has 1 heterocycles. The van der Waals surface area contributed by atoms with Crippen LogP contribution in [0.25, 0.3) is 0 Å². The van der Waals surface area contributed by atoms with Gasteiger partial charge in [-0.1, -0.05) is 30.3 Å². The lowest BCUT2D eigenvalue weighted by Crippen LogP contribution is -2.42. The van der Waals surface area contributed by atoms with Crippen LogP contribution in [0.4, 0.5) is 13.2 Å². The lowest BCUT2D eigenvalue weighted by Gasteiger charge is -2.27. The Kier molecular flexibility index (Phi) is 7.35. The van der Waals surface area contributed by atoms with E-state index >= 15 is 0 Å². The zero-order chi connectivity index (χ0) is 16.2. The van der Waals surface area contributed by atoms with E-state index < -0.39 is 24.4 Å². The van der Waals surface area contributed by atoms with Crippen LogP contribution in [0.1, 0.15) is 30.7 Å². The first-order valence-electron chi connectivity index (χ1n) is 7.49. The molecule has 1 N–H and O–H groups in total. The van der Waals surface area contributed by atoms with E-state index in [-0.39, 0.29) is 24.0 Å². The average Bonchev–Trinajstić information content (AvgIpc) is 2.93. The summed E-state index contributed by atoms with van der Waals surface area (Å²) in [5.74, 6) is -2.15. The highest BCUT2D eigenvalue weighted by atomic mass is 35.5. The van der Waals surface area contributed by atoms with E-state index in [2.05, 4.69) is 5.32 Å². The molecule has 1 amide bonds. The number of alkyl halides is 3. The van der Waals surface area contributed by atoms with Crippen molar-refractivity contribution in [3.05, 3.63) is 35.9 Å². The third kappa shape index (κ3) is 5.11. The molecule has 0 aromatic heterocycles. The average molecular weight is 351 g/mol. The fourth-order valence-electron chi connectivity index (χ4n) is 3.01. The Morgan fingerprint density at radius 3 is 2.57 bits per heavy atom. The molecule has 1 aliphatic rings. The minimum Gasteiger partial charge on any atom is -0.338 e. The van der Waals surface area contributed by atoms with Crippen LogP contribution in [-0.2, 0) is 4.79 Å². The van der Waals surface area contributed by atoms with Crippen molar-refractivity contribution in [2.75, 3.05) is 20.1 Å². The number of likely N-dealkylation sites (N-methyl/N-ethyl adjacent to an activating group) is 1. The smallest absolute Gasteiger partial charge is 0.338 e. The van der Waals surface area contributed by atoms with Crippen LogP contribution in [0.5, 0.6) is 0 Å². The summed E-state index contributed by atoms with van der Waals surface area (Å²) in [7, 11) is 1.78. The van der Waals surface area contributed by atoms with Gasteiger partial charge in [-0.3, -0.25) is 4.79 Å². The minimum atomic E-state index is -4.42. The fourth-order valence-corrected chi connectivity index (χ4v) is 3.01. The molecule has 0 radical (unpaired) electrons. The Hall–Kier alpha value is -1.27. The highest BCUT2D eigenvalue weighted by Gasteiger charge is 2.43. The number of nitrogens with one attached hydrogen (secondary N) is 1. The van der Waals surface area contributed by atoms with Gasteiger partial charge in [0.05, 0.1) is 5.92 Å². The number of nitrogens with zero attached hydrogens (tertiary/aromatic N) is 1. The summed E-state index contributed by atoms with van der Waals surface area (Å²) in [6, 6.07) is 7.67. The Morgan fingerprint density at radius 2 is 2.00 bits per heavy atom. The molecule has 23 heavy (non-hydrogen) atoms. The molecule has 0 bridgehead atoms. The molecule has 2 unspecified atom stereocenters. The number of likely N-dealkylation sites (tertiary alicyclic amines) is 1. The van der Waals surface area contributed by atoms with Crippen molar-refractivity contribution in [3.63, 3.8) is 0 Å². The van der Waals surface area contributed by atoms with Gasteiger partial charge in [-0.2, -0.15) is 13.2 Å². The number of amides is 1. The Bertz CT molecular complexity index is 496. The van der Waals surface area contributed by atoms with E-state index in [0.717, 1.165) is 12.8 Å². The molecule has 1 aromatic rings. The minimum absolute atomic E-state index is 0. The van der Waals surface area contributed by atoms with Crippen LogP contribution >= 0.6 is 12.4 Å². The maximum atomic E-state index is 13.3. The lowest BCUT2D eigenvalue weighted by atomic mass is 9.94. The van der Waals surface area contributed by atoms with Crippen molar-refractivity contribution in [3.8, 4) is 0 Å². The molecule has 0 saturated carbocycles. The molecule has 1 aromatic carbocycles. The van der Waals surface area contributed by atoms with Gasteiger partial charge in [-0.25, -0.2) is 0 Å². The number of carbonyl (C=O) groups excluding carboxylic acids is 1. The molecule has 7 heteroatoms. The number of benzene rings is 1. The molecular weight excluding hydrogens is 329 g/mol. The predicted molar refractivity (Wildman–Crippen MR) is 85.8 cm³/mol. The number of hydrogen-bond acceptors (Lipinski definition) is 2. The second kappa shape index (κ2) is 8.55. The van der Waals surface area contributed by atoms with Crippen LogP contribution in [0.15, 0.2) is 30.3 Å². The third-order valence-electron chi connectivity index (χ3n) is 4.11. The predicted octanol–water partition coefficient (Wildman–Crippen LogP) is 3.35. The fraction of sp³-hybridized carbons (Fsp3) is 0.562. The summed E-state index contributed by atoms with van der Waals surface area (Å²) >= 11 is 0. The van der Waals surface area contributed by atoms with Gasteiger partial charge < -0.3 is 10.2 Å².